The Morgan fingerprint density at radius 1 is 1.26 bits per heavy atom. The van der Waals surface area contributed by atoms with Crippen LogP contribution in [0, 0.1) is 5.41 Å². The molecule has 0 amide bonds. The van der Waals surface area contributed by atoms with E-state index in [1.807, 2.05) is 0 Å². The first-order valence-electron chi connectivity index (χ1n) is 6.98. The highest BCUT2D eigenvalue weighted by atomic mass is 79.9. The van der Waals surface area contributed by atoms with Crippen LogP contribution in [0.5, 0.6) is 0 Å². The summed E-state index contributed by atoms with van der Waals surface area (Å²) in [7, 11) is 2.18. The van der Waals surface area contributed by atoms with Crippen LogP contribution in [-0.4, -0.2) is 25.0 Å². The van der Waals surface area contributed by atoms with Crippen LogP contribution >= 0.6 is 15.9 Å². The fourth-order valence-electron chi connectivity index (χ4n) is 2.25. The molecule has 0 bridgehead atoms. The lowest BCUT2D eigenvalue weighted by Gasteiger charge is -2.27. The van der Waals surface area contributed by atoms with Crippen molar-refractivity contribution in [1.29, 1.82) is 0 Å². The quantitative estimate of drug-likeness (QED) is 0.848. The van der Waals surface area contributed by atoms with Crippen molar-refractivity contribution in [3.05, 3.63) is 33.8 Å². The fraction of sp³-hybridized carbons (Fsp3) is 0.625. The van der Waals surface area contributed by atoms with Gasteiger partial charge in [-0.1, -0.05) is 55.8 Å². The van der Waals surface area contributed by atoms with Crippen LogP contribution < -0.4 is 5.32 Å². The molecule has 0 saturated carbocycles. The smallest absolute Gasteiger partial charge is 0.0242 e. The molecule has 0 heterocycles. The van der Waals surface area contributed by atoms with Gasteiger partial charge in [-0.05, 0) is 36.2 Å². The SMILES string of the molecule is CCNCc1ccc(CN(C)CC(C)(C)C)c(Br)c1. The minimum atomic E-state index is 0.339. The summed E-state index contributed by atoms with van der Waals surface area (Å²) < 4.78 is 1.21. The van der Waals surface area contributed by atoms with E-state index >= 15 is 0 Å². The number of nitrogens with one attached hydrogen (secondary N) is 1. The lowest BCUT2D eigenvalue weighted by atomic mass is 9.96. The number of hydrogen-bond donors (Lipinski definition) is 1. The maximum absolute atomic E-state index is 3.69. The van der Waals surface area contributed by atoms with Crippen LogP contribution in [0.1, 0.15) is 38.8 Å². The highest BCUT2D eigenvalue weighted by molar-refractivity contribution is 9.10. The van der Waals surface area contributed by atoms with Crippen LogP contribution in [0.3, 0.4) is 0 Å². The molecule has 3 heteroatoms. The summed E-state index contributed by atoms with van der Waals surface area (Å²) in [5.41, 5.74) is 3.02. The first-order valence-corrected chi connectivity index (χ1v) is 7.77. The Hall–Kier alpha value is -0.380. The third kappa shape index (κ3) is 6.55. The van der Waals surface area contributed by atoms with Crippen molar-refractivity contribution in [3.63, 3.8) is 0 Å². The van der Waals surface area contributed by atoms with E-state index in [0.29, 0.717) is 5.41 Å². The molecular formula is C16H27BrN2. The van der Waals surface area contributed by atoms with Gasteiger partial charge in [0.15, 0.2) is 0 Å². The van der Waals surface area contributed by atoms with Crippen molar-refractivity contribution in [2.24, 2.45) is 5.41 Å². The molecule has 1 aromatic rings. The van der Waals surface area contributed by atoms with Gasteiger partial charge in [0.2, 0.25) is 0 Å². The van der Waals surface area contributed by atoms with E-state index in [4.69, 9.17) is 0 Å². The number of benzene rings is 1. The molecule has 0 saturated heterocycles. The Kier molecular flexibility index (Phi) is 6.51. The molecule has 0 aromatic heterocycles. The Morgan fingerprint density at radius 3 is 2.47 bits per heavy atom. The van der Waals surface area contributed by atoms with Crippen molar-refractivity contribution in [2.75, 3.05) is 20.1 Å². The van der Waals surface area contributed by atoms with Crippen LogP contribution in [0.25, 0.3) is 0 Å². The first kappa shape index (κ1) is 16.7. The Bertz CT molecular complexity index is 396. The normalized spacial score (nSPS) is 12.2. The molecule has 0 aliphatic rings. The van der Waals surface area contributed by atoms with Crippen molar-refractivity contribution >= 4 is 15.9 Å². The summed E-state index contributed by atoms with van der Waals surface area (Å²) in [5.74, 6) is 0. The molecule has 2 nitrogen and oxygen atoms in total. The number of rotatable bonds is 6. The summed E-state index contributed by atoms with van der Waals surface area (Å²) in [5, 5.41) is 3.35. The number of hydrogen-bond acceptors (Lipinski definition) is 2. The molecule has 19 heavy (non-hydrogen) atoms. The maximum Gasteiger partial charge on any atom is 0.0242 e. The lowest BCUT2D eigenvalue weighted by molar-refractivity contribution is 0.220. The zero-order valence-corrected chi connectivity index (χ0v) is 14.5. The average molecular weight is 327 g/mol. The van der Waals surface area contributed by atoms with Gasteiger partial charge in [-0.2, -0.15) is 0 Å². The second-order valence-electron chi connectivity index (χ2n) is 6.44. The summed E-state index contributed by atoms with van der Waals surface area (Å²) in [6, 6.07) is 6.67. The van der Waals surface area contributed by atoms with Gasteiger partial charge in [-0.25, -0.2) is 0 Å². The molecule has 0 fully saturated rings. The summed E-state index contributed by atoms with van der Waals surface area (Å²) in [4.78, 5) is 2.38. The molecule has 0 atom stereocenters. The molecule has 1 aromatic carbocycles. The predicted octanol–water partition coefficient (Wildman–Crippen LogP) is 4.04. The third-order valence-corrected chi connectivity index (χ3v) is 3.62. The zero-order valence-electron chi connectivity index (χ0n) is 12.9. The molecule has 0 radical (unpaired) electrons. The topological polar surface area (TPSA) is 15.3 Å². The summed E-state index contributed by atoms with van der Waals surface area (Å²) in [6.07, 6.45) is 0. The van der Waals surface area contributed by atoms with E-state index in [9.17, 15) is 0 Å². The highest BCUT2D eigenvalue weighted by Crippen LogP contribution is 2.22. The van der Waals surface area contributed by atoms with E-state index < -0.39 is 0 Å². The third-order valence-electron chi connectivity index (χ3n) is 2.88. The van der Waals surface area contributed by atoms with Crippen molar-refractivity contribution in [2.45, 2.75) is 40.8 Å². The van der Waals surface area contributed by atoms with E-state index in [1.165, 1.54) is 15.6 Å². The Labute approximate surface area is 126 Å². The maximum atomic E-state index is 3.69. The first-order chi connectivity index (χ1) is 8.81. The minimum Gasteiger partial charge on any atom is -0.313 e. The van der Waals surface area contributed by atoms with E-state index in [-0.39, 0.29) is 0 Å². The fourth-order valence-corrected chi connectivity index (χ4v) is 2.81. The molecule has 0 aliphatic heterocycles. The number of halogens is 1. The van der Waals surface area contributed by atoms with Gasteiger partial charge in [-0.3, -0.25) is 0 Å². The number of nitrogens with zero attached hydrogens (tertiary/aromatic N) is 1. The van der Waals surface area contributed by atoms with Crippen molar-refractivity contribution < 1.29 is 0 Å². The predicted molar refractivity (Wildman–Crippen MR) is 87.3 cm³/mol. The molecule has 0 unspecified atom stereocenters. The van der Waals surface area contributed by atoms with Gasteiger partial charge in [0.25, 0.3) is 0 Å². The van der Waals surface area contributed by atoms with Crippen LogP contribution in [0.15, 0.2) is 22.7 Å². The zero-order chi connectivity index (χ0) is 14.5. The van der Waals surface area contributed by atoms with E-state index in [2.05, 4.69) is 79.1 Å². The molecule has 0 spiro atoms. The van der Waals surface area contributed by atoms with Gasteiger partial charge >= 0.3 is 0 Å². The molecule has 0 aliphatic carbocycles. The Balaban J connectivity index is 2.64. The monoisotopic (exact) mass is 326 g/mol. The van der Waals surface area contributed by atoms with Gasteiger partial charge in [0, 0.05) is 24.1 Å². The van der Waals surface area contributed by atoms with Gasteiger partial charge in [0.1, 0.15) is 0 Å². The van der Waals surface area contributed by atoms with E-state index in [1.54, 1.807) is 0 Å². The molecular weight excluding hydrogens is 300 g/mol. The van der Waals surface area contributed by atoms with Gasteiger partial charge < -0.3 is 10.2 Å². The summed E-state index contributed by atoms with van der Waals surface area (Å²) in [6.45, 7) is 13.0. The second-order valence-corrected chi connectivity index (χ2v) is 7.29. The van der Waals surface area contributed by atoms with Crippen LogP contribution in [-0.2, 0) is 13.1 Å². The average Bonchev–Trinajstić information content (AvgIpc) is 2.27. The standard InChI is InChI=1S/C16H27BrN2/c1-6-18-10-13-7-8-14(15(17)9-13)11-19(5)12-16(2,3)4/h7-9,18H,6,10-12H2,1-5H3. The van der Waals surface area contributed by atoms with Crippen molar-refractivity contribution in [1.82, 2.24) is 10.2 Å². The largest absolute Gasteiger partial charge is 0.313 e. The second kappa shape index (κ2) is 7.41. The van der Waals surface area contributed by atoms with Crippen LogP contribution in [0.2, 0.25) is 0 Å². The van der Waals surface area contributed by atoms with Crippen molar-refractivity contribution in [3.8, 4) is 0 Å². The van der Waals surface area contributed by atoms with E-state index in [0.717, 1.165) is 26.2 Å². The van der Waals surface area contributed by atoms with Gasteiger partial charge in [-0.15, -0.1) is 0 Å². The summed E-state index contributed by atoms with van der Waals surface area (Å²) >= 11 is 3.69. The molecule has 108 valence electrons. The molecule has 1 N–H and O–H groups in total. The minimum absolute atomic E-state index is 0.339. The van der Waals surface area contributed by atoms with Gasteiger partial charge in [0.05, 0.1) is 0 Å². The van der Waals surface area contributed by atoms with Crippen LogP contribution in [0.4, 0.5) is 0 Å². The molecule has 1 rings (SSSR count). The highest BCUT2D eigenvalue weighted by Gasteiger charge is 2.14. The lowest BCUT2D eigenvalue weighted by Crippen LogP contribution is -2.29. The Morgan fingerprint density at radius 2 is 1.95 bits per heavy atom.